The molecule has 0 amide bonds. The van der Waals surface area contributed by atoms with E-state index in [-0.39, 0.29) is 5.97 Å². The van der Waals surface area contributed by atoms with Gasteiger partial charge >= 0.3 is 5.97 Å². The molecular formula is C11H17BrO2. The van der Waals surface area contributed by atoms with Gasteiger partial charge < -0.3 is 4.74 Å². The van der Waals surface area contributed by atoms with Crippen LogP contribution in [0.1, 0.15) is 45.4 Å². The van der Waals surface area contributed by atoms with Gasteiger partial charge in [0, 0.05) is 29.3 Å². The highest BCUT2D eigenvalue weighted by molar-refractivity contribution is 9.12. The second-order valence-corrected chi connectivity index (χ2v) is 3.53. The molecule has 0 fully saturated rings. The maximum atomic E-state index is 10.4. The molecular weight excluding hydrogens is 244 g/mol. The first kappa shape index (κ1) is 13.5. The average molecular weight is 261 g/mol. The fourth-order valence-electron chi connectivity index (χ4n) is 1.11. The van der Waals surface area contributed by atoms with Crippen molar-refractivity contribution < 1.29 is 9.53 Å². The third kappa shape index (κ3) is 11.5. The molecule has 0 bridgehead atoms. The standard InChI is InChI=1S/C11H17BrO2/c1-11(13)14-10-8-6-4-2-3-5-7-9-12/h2-6,8,10H2,1H3. The maximum absolute atomic E-state index is 10.4. The highest BCUT2D eigenvalue weighted by Gasteiger charge is 1.93. The van der Waals surface area contributed by atoms with Crippen LogP contribution in [-0.2, 0) is 9.53 Å². The van der Waals surface area contributed by atoms with Crippen molar-refractivity contribution >= 4 is 21.9 Å². The number of esters is 1. The Labute approximate surface area is 94.5 Å². The zero-order valence-electron chi connectivity index (χ0n) is 8.64. The Hall–Kier alpha value is -0.490. The number of hydrogen-bond donors (Lipinski definition) is 0. The maximum Gasteiger partial charge on any atom is 0.302 e. The topological polar surface area (TPSA) is 26.3 Å². The van der Waals surface area contributed by atoms with Gasteiger partial charge in [0.05, 0.1) is 6.61 Å². The van der Waals surface area contributed by atoms with Gasteiger partial charge in [0.25, 0.3) is 0 Å². The van der Waals surface area contributed by atoms with Crippen molar-refractivity contribution in [1.29, 1.82) is 0 Å². The van der Waals surface area contributed by atoms with Crippen LogP contribution < -0.4 is 0 Å². The Morgan fingerprint density at radius 1 is 1.21 bits per heavy atom. The highest BCUT2D eigenvalue weighted by atomic mass is 79.9. The lowest BCUT2D eigenvalue weighted by molar-refractivity contribution is -0.141. The van der Waals surface area contributed by atoms with Crippen LogP contribution in [-0.4, -0.2) is 12.6 Å². The van der Waals surface area contributed by atoms with Gasteiger partial charge in [-0.25, -0.2) is 0 Å². The molecule has 0 unspecified atom stereocenters. The van der Waals surface area contributed by atoms with Gasteiger partial charge in [0.15, 0.2) is 0 Å². The first-order chi connectivity index (χ1) is 6.77. The number of rotatable bonds is 7. The zero-order valence-corrected chi connectivity index (χ0v) is 10.2. The van der Waals surface area contributed by atoms with E-state index in [4.69, 9.17) is 4.74 Å². The molecule has 3 heteroatoms. The van der Waals surface area contributed by atoms with Crippen molar-refractivity contribution in [3.8, 4) is 10.8 Å². The van der Waals surface area contributed by atoms with Crippen molar-refractivity contribution in [2.45, 2.75) is 45.4 Å². The second-order valence-electron chi connectivity index (χ2n) is 3.13. The van der Waals surface area contributed by atoms with Crippen LogP contribution in [0.5, 0.6) is 0 Å². The smallest absolute Gasteiger partial charge is 0.302 e. The van der Waals surface area contributed by atoms with Gasteiger partial charge in [0.1, 0.15) is 0 Å². The van der Waals surface area contributed by atoms with Crippen LogP contribution >= 0.6 is 15.9 Å². The number of ether oxygens (including phenoxy) is 1. The number of carbonyl (C=O) groups excluding carboxylic acids is 1. The van der Waals surface area contributed by atoms with E-state index in [0.717, 1.165) is 25.7 Å². The Morgan fingerprint density at radius 2 is 1.86 bits per heavy atom. The molecule has 0 saturated carbocycles. The minimum atomic E-state index is -0.183. The lowest BCUT2D eigenvalue weighted by Crippen LogP contribution is -1.99. The molecule has 0 atom stereocenters. The third-order valence-corrected chi connectivity index (χ3v) is 2.10. The van der Waals surface area contributed by atoms with E-state index in [1.807, 2.05) is 0 Å². The summed E-state index contributed by atoms with van der Waals surface area (Å²) in [5, 5.41) is 0. The quantitative estimate of drug-likeness (QED) is 0.399. The minimum absolute atomic E-state index is 0.183. The highest BCUT2D eigenvalue weighted by Crippen LogP contribution is 2.05. The lowest BCUT2D eigenvalue weighted by Gasteiger charge is -2.01. The van der Waals surface area contributed by atoms with E-state index in [0.29, 0.717) is 6.61 Å². The second kappa shape index (κ2) is 10.6. The van der Waals surface area contributed by atoms with Gasteiger partial charge in [-0.3, -0.25) is 4.79 Å². The van der Waals surface area contributed by atoms with E-state index < -0.39 is 0 Å². The molecule has 2 nitrogen and oxygen atoms in total. The summed E-state index contributed by atoms with van der Waals surface area (Å²) in [5.41, 5.74) is 0. The molecule has 0 aliphatic heterocycles. The summed E-state index contributed by atoms with van der Waals surface area (Å²) in [6.45, 7) is 2.01. The first-order valence-corrected chi connectivity index (χ1v) is 5.78. The predicted molar refractivity (Wildman–Crippen MR) is 61.0 cm³/mol. The van der Waals surface area contributed by atoms with Crippen LogP contribution in [0.25, 0.3) is 0 Å². The van der Waals surface area contributed by atoms with Crippen molar-refractivity contribution in [3.63, 3.8) is 0 Å². The van der Waals surface area contributed by atoms with Crippen molar-refractivity contribution in [1.82, 2.24) is 0 Å². The van der Waals surface area contributed by atoms with Gasteiger partial charge in [-0.05, 0) is 17.7 Å². The largest absolute Gasteiger partial charge is 0.466 e. The molecule has 0 rings (SSSR count). The summed E-state index contributed by atoms with van der Waals surface area (Å²) in [6.07, 6.45) is 6.65. The predicted octanol–water partition coefficient (Wildman–Crippen LogP) is 3.25. The average Bonchev–Trinajstić information content (AvgIpc) is 2.15. The summed E-state index contributed by atoms with van der Waals surface area (Å²) in [5.74, 6) is 2.78. The van der Waals surface area contributed by atoms with Crippen molar-refractivity contribution in [3.05, 3.63) is 0 Å². The van der Waals surface area contributed by atoms with E-state index >= 15 is 0 Å². The molecule has 0 aromatic rings. The Bertz CT molecular complexity index is 203. The summed E-state index contributed by atoms with van der Waals surface area (Å²) >= 11 is 3.06. The number of halogens is 1. The van der Waals surface area contributed by atoms with E-state index in [2.05, 4.69) is 26.7 Å². The Kier molecular flexibility index (Phi) is 10.2. The third-order valence-electron chi connectivity index (χ3n) is 1.82. The van der Waals surface area contributed by atoms with E-state index in [1.165, 1.54) is 19.8 Å². The first-order valence-electron chi connectivity index (χ1n) is 4.99. The molecule has 0 aliphatic carbocycles. The summed E-state index contributed by atoms with van der Waals surface area (Å²) < 4.78 is 4.82. The van der Waals surface area contributed by atoms with E-state index in [9.17, 15) is 4.79 Å². The van der Waals surface area contributed by atoms with Crippen molar-refractivity contribution in [2.75, 3.05) is 6.61 Å². The fraction of sp³-hybridized carbons (Fsp3) is 0.727. The normalized spacial score (nSPS) is 9.00. The molecule has 0 radical (unpaired) electrons. The Morgan fingerprint density at radius 3 is 2.50 bits per heavy atom. The molecule has 14 heavy (non-hydrogen) atoms. The summed E-state index contributed by atoms with van der Waals surface area (Å²) in [7, 11) is 0. The summed E-state index contributed by atoms with van der Waals surface area (Å²) in [4.78, 5) is 13.1. The number of carbonyl (C=O) groups is 1. The van der Waals surface area contributed by atoms with Crippen LogP contribution in [0, 0.1) is 10.8 Å². The number of hydrogen-bond acceptors (Lipinski definition) is 2. The SMILES string of the molecule is CC(=O)OCCCCCCCC#CBr. The van der Waals surface area contributed by atoms with Crippen LogP contribution in [0.2, 0.25) is 0 Å². The van der Waals surface area contributed by atoms with Gasteiger partial charge in [-0.15, -0.1) is 0 Å². The lowest BCUT2D eigenvalue weighted by atomic mass is 10.1. The van der Waals surface area contributed by atoms with Crippen LogP contribution in [0.15, 0.2) is 0 Å². The molecule has 0 spiro atoms. The zero-order chi connectivity index (χ0) is 10.6. The molecule has 0 aliphatic rings. The van der Waals surface area contributed by atoms with Crippen molar-refractivity contribution in [2.24, 2.45) is 0 Å². The molecule has 0 heterocycles. The fourth-order valence-corrected chi connectivity index (χ4v) is 1.31. The monoisotopic (exact) mass is 260 g/mol. The van der Waals surface area contributed by atoms with Crippen LogP contribution in [0.3, 0.4) is 0 Å². The number of unbranched alkanes of at least 4 members (excludes halogenated alkanes) is 5. The van der Waals surface area contributed by atoms with Gasteiger partial charge in [-0.1, -0.05) is 25.2 Å². The molecule has 0 N–H and O–H groups in total. The molecule has 0 aromatic carbocycles. The van der Waals surface area contributed by atoms with Gasteiger partial charge in [0.2, 0.25) is 0 Å². The van der Waals surface area contributed by atoms with Gasteiger partial charge in [-0.2, -0.15) is 0 Å². The molecule has 0 saturated heterocycles. The van der Waals surface area contributed by atoms with E-state index in [1.54, 1.807) is 0 Å². The Balaban J connectivity index is 2.98. The van der Waals surface area contributed by atoms with Crippen LogP contribution in [0.4, 0.5) is 0 Å². The summed E-state index contributed by atoms with van der Waals surface area (Å²) in [6, 6.07) is 0. The molecule has 80 valence electrons. The molecule has 0 aromatic heterocycles. The minimum Gasteiger partial charge on any atom is -0.466 e.